The van der Waals surface area contributed by atoms with Crippen molar-refractivity contribution in [3.05, 3.63) is 72.2 Å². The maximum atomic E-state index is 12.2. The monoisotopic (exact) mass is 306 g/mol. The van der Waals surface area contributed by atoms with Crippen LogP contribution in [0.1, 0.15) is 27.6 Å². The van der Waals surface area contributed by atoms with Crippen LogP contribution in [-0.4, -0.2) is 26.5 Å². The Labute approximate surface area is 132 Å². The third-order valence-electron chi connectivity index (χ3n) is 3.28. The molecule has 0 saturated heterocycles. The Morgan fingerprint density at radius 2 is 1.96 bits per heavy atom. The summed E-state index contributed by atoms with van der Waals surface area (Å²) in [6.45, 7) is 1.48. The first-order chi connectivity index (χ1) is 11.1. The van der Waals surface area contributed by atoms with E-state index < -0.39 is 0 Å². The molecular weight excluding hydrogens is 292 g/mol. The van der Waals surface area contributed by atoms with Crippen molar-refractivity contribution in [3.63, 3.8) is 0 Å². The van der Waals surface area contributed by atoms with Gasteiger partial charge in [0, 0.05) is 29.8 Å². The van der Waals surface area contributed by atoms with Gasteiger partial charge in [0.15, 0.2) is 11.6 Å². The summed E-state index contributed by atoms with van der Waals surface area (Å²) in [6.07, 6.45) is 4.92. The number of nitrogens with one attached hydrogen (secondary N) is 1. The topological polar surface area (TPSA) is 76.9 Å². The molecule has 0 spiro atoms. The van der Waals surface area contributed by atoms with Gasteiger partial charge in [0.1, 0.15) is 0 Å². The van der Waals surface area contributed by atoms with Crippen molar-refractivity contribution in [1.29, 1.82) is 0 Å². The summed E-state index contributed by atoms with van der Waals surface area (Å²) in [5, 5.41) is 6.83. The highest BCUT2D eigenvalue weighted by Crippen LogP contribution is 2.13. The van der Waals surface area contributed by atoms with E-state index in [1.807, 2.05) is 0 Å². The summed E-state index contributed by atoms with van der Waals surface area (Å²) in [5.41, 5.74) is 1.54. The maximum Gasteiger partial charge on any atom is 0.257 e. The van der Waals surface area contributed by atoms with Gasteiger partial charge in [-0.1, -0.05) is 12.1 Å². The Morgan fingerprint density at radius 3 is 2.61 bits per heavy atom. The first-order valence-corrected chi connectivity index (χ1v) is 7.02. The Balaban J connectivity index is 1.76. The van der Waals surface area contributed by atoms with Gasteiger partial charge in [-0.3, -0.25) is 9.59 Å². The minimum Gasteiger partial charge on any atom is -0.322 e. The SMILES string of the molecule is CC(=O)c1cccc(NC(=O)c2ccc(-n3cccn3)nc2)c1. The molecule has 1 N–H and O–H groups in total. The number of pyridine rings is 1. The van der Waals surface area contributed by atoms with E-state index in [1.54, 1.807) is 59.5 Å². The van der Waals surface area contributed by atoms with Crippen LogP contribution in [0.3, 0.4) is 0 Å². The first kappa shape index (κ1) is 14.6. The third kappa shape index (κ3) is 3.32. The molecule has 3 rings (SSSR count). The van der Waals surface area contributed by atoms with E-state index >= 15 is 0 Å². The molecule has 0 saturated carbocycles. The minimum atomic E-state index is -0.287. The van der Waals surface area contributed by atoms with Gasteiger partial charge in [0.25, 0.3) is 5.91 Å². The lowest BCUT2D eigenvalue weighted by molar-refractivity contribution is 0.101. The Kier molecular flexibility index (Phi) is 3.97. The van der Waals surface area contributed by atoms with Crippen molar-refractivity contribution in [2.75, 3.05) is 5.32 Å². The van der Waals surface area contributed by atoms with Gasteiger partial charge in [0.2, 0.25) is 0 Å². The average molecular weight is 306 g/mol. The summed E-state index contributed by atoms with van der Waals surface area (Å²) in [5.74, 6) is 0.293. The van der Waals surface area contributed by atoms with E-state index in [4.69, 9.17) is 0 Å². The molecule has 0 radical (unpaired) electrons. The molecule has 0 atom stereocenters. The normalized spacial score (nSPS) is 10.3. The van der Waals surface area contributed by atoms with Crippen LogP contribution in [0.5, 0.6) is 0 Å². The highest BCUT2D eigenvalue weighted by Gasteiger charge is 2.08. The zero-order valence-electron chi connectivity index (χ0n) is 12.4. The van der Waals surface area contributed by atoms with Gasteiger partial charge >= 0.3 is 0 Å². The van der Waals surface area contributed by atoms with Crippen LogP contribution < -0.4 is 5.32 Å². The smallest absolute Gasteiger partial charge is 0.257 e. The summed E-state index contributed by atoms with van der Waals surface area (Å²) in [7, 11) is 0. The second kappa shape index (κ2) is 6.23. The summed E-state index contributed by atoms with van der Waals surface area (Å²) in [6, 6.07) is 12.0. The number of nitrogens with zero attached hydrogens (tertiary/aromatic N) is 3. The van der Waals surface area contributed by atoms with Crippen molar-refractivity contribution in [2.24, 2.45) is 0 Å². The molecule has 2 heterocycles. The lowest BCUT2D eigenvalue weighted by atomic mass is 10.1. The van der Waals surface area contributed by atoms with Crippen molar-refractivity contribution >= 4 is 17.4 Å². The first-order valence-electron chi connectivity index (χ1n) is 7.02. The molecule has 6 heteroatoms. The van der Waals surface area contributed by atoms with E-state index in [-0.39, 0.29) is 11.7 Å². The van der Waals surface area contributed by atoms with Gasteiger partial charge in [-0.15, -0.1) is 0 Å². The van der Waals surface area contributed by atoms with Crippen LogP contribution in [0.15, 0.2) is 61.1 Å². The van der Waals surface area contributed by atoms with Gasteiger partial charge in [-0.2, -0.15) is 5.10 Å². The fraction of sp³-hybridized carbons (Fsp3) is 0.0588. The fourth-order valence-electron chi connectivity index (χ4n) is 2.08. The second-order valence-electron chi connectivity index (χ2n) is 4.95. The number of benzene rings is 1. The van der Waals surface area contributed by atoms with E-state index in [9.17, 15) is 9.59 Å². The number of rotatable bonds is 4. The standard InChI is InChI=1S/C17H14N4O2/c1-12(22)13-4-2-5-15(10-13)20-17(23)14-6-7-16(18-11-14)21-9-3-8-19-21/h2-11H,1H3,(H,20,23). The van der Waals surface area contributed by atoms with Crippen molar-refractivity contribution in [3.8, 4) is 5.82 Å². The van der Waals surface area contributed by atoms with Crippen LogP contribution >= 0.6 is 0 Å². The average Bonchev–Trinajstić information content (AvgIpc) is 3.09. The molecule has 0 aliphatic heterocycles. The Hall–Kier alpha value is -3.28. The fourth-order valence-corrected chi connectivity index (χ4v) is 2.08. The van der Waals surface area contributed by atoms with Crippen LogP contribution in [0.4, 0.5) is 5.69 Å². The molecule has 6 nitrogen and oxygen atoms in total. The van der Waals surface area contributed by atoms with Crippen LogP contribution in [0.25, 0.3) is 5.82 Å². The largest absolute Gasteiger partial charge is 0.322 e. The van der Waals surface area contributed by atoms with E-state index in [2.05, 4.69) is 15.4 Å². The minimum absolute atomic E-state index is 0.0497. The number of hydrogen-bond donors (Lipinski definition) is 1. The second-order valence-corrected chi connectivity index (χ2v) is 4.95. The molecule has 0 bridgehead atoms. The van der Waals surface area contributed by atoms with E-state index in [0.717, 1.165) is 0 Å². The number of hydrogen-bond acceptors (Lipinski definition) is 4. The van der Waals surface area contributed by atoms with Crippen molar-refractivity contribution < 1.29 is 9.59 Å². The van der Waals surface area contributed by atoms with Crippen molar-refractivity contribution in [2.45, 2.75) is 6.92 Å². The lowest BCUT2D eigenvalue weighted by Crippen LogP contribution is -2.13. The summed E-state index contributed by atoms with van der Waals surface area (Å²) in [4.78, 5) is 27.8. The molecule has 1 amide bonds. The molecule has 114 valence electrons. The van der Waals surface area contributed by atoms with Crippen LogP contribution in [0, 0.1) is 0 Å². The molecule has 0 aliphatic carbocycles. The summed E-state index contributed by atoms with van der Waals surface area (Å²) >= 11 is 0. The van der Waals surface area contributed by atoms with Gasteiger partial charge in [0.05, 0.1) is 5.56 Å². The highest BCUT2D eigenvalue weighted by atomic mass is 16.1. The predicted octanol–water partition coefficient (Wildman–Crippen LogP) is 2.72. The van der Waals surface area contributed by atoms with Gasteiger partial charge < -0.3 is 5.32 Å². The third-order valence-corrected chi connectivity index (χ3v) is 3.28. The molecule has 23 heavy (non-hydrogen) atoms. The maximum absolute atomic E-state index is 12.2. The molecule has 3 aromatic rings. The van der Waals surface area contributed by atoms with Crippen molar-refractivity contribution in [1.82, 2.24) is 14.8 Å². The summed E-state index contributed by atoms with van der Waals surface area (Å²) < 4.78 is 1.61. The Bertz CT molecular complexity index is 839. The van der Waals surface area contributed by atoms with Gasteiger partial charge in [-0.05, 0) is 37.3 Å². The zero-order valence-corrected chi connectivity index (χ0v) is 12.4. The van der Waals surface area contributed by atoms with Gasteiger partial charge in [-0.25, -0.2) is 9.67 Å². The van der Waals surface area contributed by atoms with Crippen LogP contribution in [-0.2, 0) is 0 Å². The number of amides is 1. The molecule has 0 aliphatic rings. The number of anilines is 1. The number of carbonyl (C=O) groups excluding carboxylic acids is 2. The quantitative estimate of drug-likeness (QED) is 0.752. The Morgan fingerprint density at radius 1 is 1.09 bits per heavy atom. The number of aromatic nitrogens is 3. The molecule has 0 unspecified atom stereocenters. The number of ketones is 1. The van der Waals surface area contributed by atoms with E-state index in [1.165, 1.54) is 13.1 Å². The van der Waals surface area contributed by atoms with Crippen LogP contribution in [0.2, 0.25) is 0 Å². The molecule has 1 aromatic carbocycles. The molecule has 2 aromatic heterocycles. The number of carbonyl (C=O) groups is 2. The lowest BCUT2D eigenvalue weighted by Gasteiger charge is -2.07. The highest BCUT2D eigenvalue weighted by molar-refractivity contribution is 6.05. The molecule has 0 fully saturated rings. The molecular formula is C17H14N4O2. The van der Waals surface area contributed by atoms with E-state index in [0.29, 0.717) is 22.6 Å². The number of Topliss-reactive ketones (excluding diaryl/α,β-unsaturated/α-hetero) is 1. The zero-order chi connectivity index (χ0) is 16.2. The predicted molar refractivity (Wildman–Crippen MR) is 85.8 cm³/mol.